The highest BCUT2D eigenvalue weighted by Crippen LogP contribution is 2.38. The van der Waals surface area contributed by atoms with E-state index in [2.05, 4.69) is 31.4 Å². The zero-order valence-corrected chi connectivity index (χ0v) is 11.0. The SMILES string of the molecule is CCCCP(CCCC)c1cccs1. The van der Waals surface area contributed by atoms with Gasteiger partial charge in [0.15, 0.2) is 0 Å². The average molecular weight is 228 g/mol. The Hall–Kier alpha value is 0.130. The molecule has 0 N–H and O–H groups in total. The van der Waals surface area contributed by atoms with Crippen LogP contribution in [0.25, 0.3) is 0 Å². The number of hydrogen-bond acceptors (Lipinski definition) is 1. The van der Waals surface area contributed by atoms with Crippen LogP contribution in [-0.2, 0) is 0 Å². The summed E-state index contributed by atoms with van der Waals surface area (Å²) in [5, 5.41) is 2.22. The Bertz CT molecular complexity index is 210. The van der Waals surface area contributed by atoms with Crippen molar-refractivity contribution in [1.29, 1.82) is 0 Å². The standard InChI is InChI=1S/C12H21PS/c1-3-5-9-13(10-6-4-2)12-8-7-11-14-12/h7-8,11H,3-6,9-10H2,1-2H3. The molecular weight excluding hydrogens is 207 g/mol. The molecule has 0 saturated carbocycles. The zero-order chi connectivity index (χ0) is 10.2. The number of thiophene rings is 1. The maximum absolute atomic E-state index is 2.34. The highest BCUT2D eigenvalue weighted by Gasteiger charge is 2.10. The third-order valence-electron chi connectivity index (χ3n) is 2.38. The molecule has 0 unspecified atom stereocenters. The normalized spacial score (nSPS) is 11.1. The monoisotopic (exact) mass is 228 g/mol. The van der Waals surface area contributed by atoms with Crippen LogP contribution < -0.4 is 4.62 Å². The van der Waals surface area contributed by atoms with Crippen molar-refractivity contribution in [3.05, 3.63) is 17.5 Å². The first-order chi connectivity index (χ1) is 6.88. The van der Waals surface area contributed by atoms with E-state index in [-0.39, 0.29) is 7.92 Å². The van der Waals surface area contributed by atoms with Gasteiger partial charge in [-0.25, -0.2) is 0 Å². The lowest BCUT2D eigenvalue weighted by Gasteiger charge is -2.14. The molecule has 0 bridgehead atoms. The van der Waals surface area contributed by atoms with E-state index in [1.807, 2.05) is 11.3 Å². The van der Waals surface area contributed by atoms with Gasteiger partial charge in [-0.15, -0.1) is 11.3 Å². The van der Waals surface area contributed by atoms with E-state index >= 15 is 0 Å². The Morgan fingerprint density at radius 2 is 1.79 bits per heavy atom. The summed E-state index contributed by atoms with van der Waals surface area (Å²) in [5.41, 5.74) is 0. The summed E-state index contributed by atoms with van der Waals surface area (Å²) >= 11 is 1.96. The van der Waals surface area contributed by atoms with Gasteiger partial charge in [0.05, 0.1) is 0 Å². The third kappa shape index (κ3) is 4.11. The zero-order valence-electron chi connectivity index (χ0n) is 9.33. The molecule has 2 heteroatoms. The van der Waals surface area contributed by atoms with Gasteiger partial charge in [0.1, 0.15) is 0 Å². The van der Waals surface area contributed by atoms with E-state index in [1.54, 1.807) is 4.62 Å². The molecule has 14 heavy (non-hydrogen) atoms. The fourth-order valence-electron chi connectivity index (χ4n) is 1.48. The lowest BCUT2D eigenvalue weighted by atomic mass is 10.4. The highest BCUT2D eigenvalue weighted by molar-refractivity contribution is 7.71. The fraction of sp³-hybridized carbons (Fsp3) is 0.667. The van der Waals surface area contributed by atoms with Crippen LogP contribution in [0, 0.1) is 0 Å². The molecule has 0 aliphatic rings. The van der Waals surface area contributed by atoms with Crippen molar-refractivity contribution in [2.24, 2.45) is 0 Å². The Balaban J connectivity index is 2.44. The van der Waals surface area contributed by atoms with Crippen molar-refractivity contribution in [2.75, 3.05) is 12.3 Å². The summed E-state index contributed by atoms with van der Waals surface area (Å²) in [4.78, 5) is 0. The van der Waals surface area contributed by atoms with Gasteiger partial charge in [0, 0.05) is 4.62 Å². The van der Waals surface area contributed by atoms with Crippen molar-refractivity contribution in [3.8, 4) is 0 Å². The molecule has 0 atom stereocenters. The molecular formula is C12H21PS. The molecule has 0 radical (unpaired) electrons. The van der Waals surface area contributed by atoms with Crippen molar-refractivity contribution < 1.29 is 0 Å². The maximum Gasteiger partial charge on any atom is 0.0278 e. The molecule has 0 aliphatic carbocycles. The highest BCUT2D eigenvalue weighted by atomic mass is 32.1. The molecule has 1 aromatic heterocycles. The molecule has 0 fully saturated rings. The second-order valence-electron chi connectivity index (χ2n) is 3.65. The lowest BCUT2D eigenvalue weighted by molar-refractivity contribution is 0.871. The van der Waals surface area contributed by atoms with Gasteiger partial charge < -0.3 is 0 Å². The van der Waals surface area contributed by atoms with Crippen LogP contribution in [0.15, 0.2) is 17.5 Å². The molecule has 1 heterocycles. The van der Waals surface area contributed by atoms with Gasteiger partial charge in [-0.3, -0.25) is 0 Å². The van der Waals surface area contributed by atoms with E-state index in [0.29, 0.717) is 0 Å². The van der Waals surface area contributed by atoms with E-state index in [0.717, 1.165) is 0 Å². The van der Waals surface area contributed by atoms with Crippen molar-refractivity contribution in [1.82, 2.24) is 0 Å². The first kappa shape index (κ1) is 12.2. The molecule has 1 rings (SSSR count). The van der Waals surface area contributed by atoms with Gasteiger partial charge in [-0.2, -0.15) is 0 Å². The van der Waals surface area contributed by atoms with Crippen LogP contribution in [0.3, 0.4) is 0 Å². The van der Waals surface area contributed by atoms with Gasteiger partial charge in [-0.1, -0.05) is 40.7 Å². The summed E-state index contributed by atoms with van der Waals surface area (Å²) in [5.74, 6) is 0. The van der Waals surface area contributed by atoms with Crippen LogP contribution in [0.1, 0.15) is 39.5 Å². The largest absolute Gasteiger partial charge is 0.144 e. The van der Waals surface area contributed by atoms with Crippen LogP contribution in [0.2, 0.25) is 0 Å². The first-order valence-corrected chi connectivity index (χ1v) is 8.26. The predicted molar refractivity (Wildman–Crippen MR) is 70.4 cm³/mol. The molecule has 0 nitrogen and oxygen atoms in total. The Kier molecular flexibility index (Phi) is 6.47. The first-order valence-electron chi connectivity index (χ1n) is 5.67. The molecule has 0 amide bonds. The molecule has 0 aliphatic heterocycles. The number of hydrogen-bond donors (Lipinski definition) is 0. The smallest absolute Gasteiger partial charge is 0.0278 e. The average Bonchev–Trinajstić information content (AvgIpc) is 2.71. The van der Waals surface area contributed by atoms with Gasteiger partial charge in [-0.05, 0) is 36.6 Å². The van der Waals surface area contributed by atoms with Gasteiger partial charge in [0.2, 0.25) is 0 Å². The topological polar surface area (TPSA) is 0 Å². The number of rotatable bonds is 7. The van der Waals surface area contributed by atoms with Crippen LogP contribution in [0.5, 0.6) is 0 Å². The molecule has 80 valence electrons. The van der Waals surface area contributed by atoms with Crippen molar-refractivity contribution >= 4 is 23.9 Å². The number of unbranched alkanes of at least 4 members (excludes halogenated alkanes) is 2. The van der Waals surface area contributed by atoms with E-state index in [4.69, 9.17) is 0 Å². The van der Waals surface area contributed by atoms with Crippen molar-refractivity contribution in [3.63, 3.8) is 0 Å². The molecule has 0 aromatic carbocycles. The lowest BCUT2D eigenvalue weighted by Crippen LogP contribution is -2.01. The van der Waals surface area contributed by atoms with Crippen molar-refractivity contribution in [2.45, 2.75) is 39.5 Å². The summed E-state index contributed by atoms with van der Waals surface area (Å²) in [7, 11) is 0.188. The Morgan fingerprint density at radius 1 is 1.14 bits per heavy atom. The predicted octanol–water partition coefficient (Wildman–Crippen LogP) is 4.46. The minimum absolute atomic E-state index is 0.188. The third-order valence-corrected chi connectivity index (χ3v) is 6.63. The fourth-order valence-corrected chi connectivity index (χ4v) is 5.62. The minimum atomic E-state index is 0.188. The summed E-state index contributed by atoms with van der Waals surface area (Å²) < 4.78 is 1.67. The minimum Gasteiger partial charge on any atom is -0.144 e. The van der Waals surface area contributed by atoms with Gasteiger partial charge >= 0.3 is 0 Å². The molecule has 0 saturated heterocycles. The van der Waals surface area contributed by atoms with Crippen LogP contribution in [0.4, 0.5) is 0 Å². The summed E-state index contributed by atoms with van der Waals surface area (Å²) in [6.45, 7) is 4.59. The van der Waals surface area contributed by atoms with E-state index < -0.39 is 0 Å². The molecule has 0 spiro atoms. The quantitative estimate of drug-likeness (QED) is 0.605. The Labute approximate surface area is 93.5 Å². The van der Waals surface area contributed by atoms with Crippen LogP contribution >= 0.6 is 19.3 Å². The summed E-state index contributed by atoms with van der Waals surface area (Å²) in [6.07, 6.45) is 8.41. The maximum atomic E-state index is 2.34. The van der Waals surface area contributed by atoms with Gasteiger partial charge in [0.25, 0.3) is 0 Å². The second-order valence-corrected chi connectivity index (χ2v) is 7.35. The van der Waals surface area contributed by atoms with Crippen LogP contribution in [-0.4, -0.2) is 12.3 Å². The Morgan fingerprint density at radius 3 is 2.21 bits per heavy atom. The van der Waals surface area contributed by atoms with E-state index in [1.165, 1.54) is 38.0 Å². The molecule has 1 aromatic rings. The summed E-state index contributed by atoms with van der Waals surface area (Å²) in [6, 6.07) is 4.54. The second kappa shape index (κ2) is 7.43. The van der Waals surface area contributed by atoms with E-state index in [9.17, 15) is 0 Å².